The lowest BCUT2D eigenvalue weighted by atomic mass is 10.3. The molecular formula is C11H18ClN3O2. The van der Waals surface area contributed by atoms with Crippen molar-refractivity contribution in [3.8, 4) is 0 Å². The van der Waals surface area contributed by atoms with Crippen LogP contribution in [-0.2, 0) is 11.3 Å². The highest BCUT2D eigenvalue weighted by molar-refractivity contribution is 6.29. The van der Waals surface area contributed by atoms with Crippen LogP contribution in [0, 0.1) is 0 Å². The van der Waals surface area contributed by atoms with Gasteiger partial charge in [0.05, 0.1) is 6.10 Å². The molecule has 1 rings (SSSR count). The first kappa shape index (κ1) is 14.2. The predicted molar refractivity (Wildman–Crippen MR) is 67.3 cm³/mol. The van der Waals surface area contributed by atoms with E-state index in [0.717, 1.165) is 5.82 Å². The van der Waals surface area contributed by atoms with Gasteiger partial charge in [-0.1, -0.05) is 11.6 Å². The number of aliphatic hydroxyl groups is 1. The van der Waals surface area contributed by atoms with Crippen molar-refractivity contribution in [2.75, 3.05) is 25.6 Å². The molecule has 1 unspecified atom stereocenters. The van der Waals surface area contributed by atoms with Crippen molar-refractivity contribution >= 4 is 17.4 Å². The first-order valence-electron chi connectivity index (χ1n) is 5.44. The summed E-state index contributed by atoms with van der Waals surface area (Å²) < 4.78 is 4.97. The Labute approximate surface area is 106 Å². The maximum atomic E-state index is 9.24. The molecule has 1 aromatic rings. The van der Waals surface area contributed by atoms with E-state index >= 15 is 0 Å². The molecule has 0 aliphatic carbocycles. The summed E-state index contributed by atoms with van der Waals surface area (Å²) in [4.78, 5) is 10.3. The molecule has 6 heteroatoms. The van der Waals surface area contributed by atoms with Gasteiger partial charge in [0.25, 0.3) is 0 Å². The Morgan fingerprint density at radius 2 is 2.24 bits per heavy atom. The van der Waals surface area contributed by atoms with Gasteiger partial charge in [0, 0.05) is 26.8 Å². The van der Waals surface area contributed by atoms with Crippen LogP contribution < -0.4 is 4.90 Å². The molecule has 1 aromatic heterocycles. The Hall–Kier alpha value is -0.910. The smallest absolute Gasteiger partial charge is 0.158 e. The molecular weight excluding hydrogens is 242 g/mol. The number of nitrogens with zero attached hydrogens (tertiary/aromatic N) is 3. The second kappa shape index (κ2) is 6.74. The monoisotopic (exact) mass is 259 g/mol. The Bertz CT molecular complexity index is 361. The van der Waals surface area contributed by atoms with Crippen LogP contribution >= 0.6 is 11.6 Å². The molecule has 0 amide bonds. The summed E-state index contributed by atoms with van der Waals surface area (Å²) in [6, 6.07) is 1.70. The van der Waals surface area contributed by atoms with Crippen molar-refractivity contribution in [2.45, 2.75) is 26.1 Å². The van der Waals surface area contributed by atoms with E-state index in [4.69, 9.17) is 16.3 Å². The summed E-state index contributed by atoms with van der Waals surface area (Å²) in [5, 5.41) is 9.63. The standard InChI is InChI=1S/C11H18ClN3O2/c1-8(16)4-5-15(2)11-6-9(12)13-10(14-11)7-17-3/h6,8,16H,4-5,7H2,1-3H3. The van der Waals surface area contributed by atoms with Crippen molar-refractivity contribution in [1.82, 2.24) is 9.97 Å². The lowest BCUT2D eigenvalue weighted by molar-refractivity contribution is 0.177. The van der Waals surface area contributed by atoms with Crippen LogP contribution in [0.4, 0.5) is 5.82 Å². The lowest BCUT2D eigenvalue weighted by Gasteiger charge is -2.19. The van der Waals surface area contributed by atoms with Crippen molar-refractivity contribution in [2.24, 2.45) is 0 Å². The zero-order valence-corrected chi connectivity index (χ0v) is 11.1. The number of aromatic nitrogens is 2. The summed E-state index contributed by atoms with van der Waals surface area (Å²) in [6.45, 7) is 2.80. The Morgan fingerprint density at radius 3 is 2.82 bits per heavy atom. The van der Waals surface area contributed by atoms with E-state index in [1.807, 2.05) is 11.9 Å². The first-order valence-corrected chi connectivity index (χ1v) is 5.82. The normalized spacial score (nSPS) is 12.5. The fourth-order valence-corrected chi connectivity index (χ4v) is 1.53. The van der Waals surface area contributed by atoms with Crippen LogP contribution in [-0.4, -0.2) is 41.9 Å². The second-order valence-corrected chi connectivity index (χ2v) is 4.34. The fourth-order valence-electron chi connectivity index (χ4n) is 1.34. The molecule has 1 heterocycles. The number of hydrogen-bond donors (Lipinski definition) is 1. The predicted octanol–water partition coefficient (Wildman–Crippen LogP) is 1.48. The second-order valence-electron chi connectivity index (χ2n) is 3.96. The maximum absolute atomic E-state index is 9.24. The third-order valence-corrected chi connectivity index (χ3v) is 2.47. The van der Waals surface area contributed by atoms with Crippen LogP contribution in [0.1, 0.15) is 19.2 Å². The van der Waals surface area contributed by atoms with Gasteiger partial charge in [-0.25, -0.2) is 9.97 Å². The van der Waals surface area contributed by atoms with Crippen LogP contribution in [0.2, 0.25) is 5.15 Å². The van der Waals surface area contributed by atoms with E-state index in [-0.39, 0.29) is 6.10 Å². The molecule has 0 saturated carbocycles. The fraction of sp³-hybridized carbons (Fsp3) is 0.636. The highest BCUT2D eigenvalue weighted by Gasteiger charge is 2.08. The number of halogens is 1. The van der Waals surface area contributed by atoms with Crippen LogP contribution in [0.5, 0.6) is 0 Å². The zero-order valence-electron chi connectivity index (χ0n) is 10.4. The minimum atomic E-state index is -0.326. The molecule has 5 nitrogen and oxygen atoms in total. The quantitative estimate of drug-likeness (QED) is 0.785. The van der Waals surface area contributed by atoms with Crippen LogP contribution in [0.3, 0.4) is 0 Å². The van der Waals surface area contributed by atoms with E-state index in [0.29, 0.717) is 30.5 Å². The highest BCUT2D eigenvalue weighted by atomic mass is 35.5. The van der Waals surface area contributed by atoms with Gasteiger partial charge < -0.3 is 14.7 Å². The number of hydrogen-bond acceptors (Lipinski definition) is 5. The molecule has 0 fully saturated rings. The molecule has 96 valence electrons. The van der Waals surface area contributed by atoms with Gasteiger partial charge in [-0.05, 0) is 13.3 Å². The average molecular weight is 260 g/mol. The summed E-state index contributed by atoms with van der Waals surface area (Å²) in [5.74, 6) is 1.29. The number of aliphatic hydroxyl groups excluding tert-OH is 1. The van der Waals surface area contributed by atoms with Gasteiger partial charge in [0.2, 0.25) is 0 Å². The van der Waals surface area contributed by atoms with Crippen LogP contribution in [0.15, 0.2) is 6.07 Å². The number of methoxy groups -OCH3 is 1. The summed E-state index contributed by atoms with van der Waals surface area (Å²) in [5.41, 5.74) is 0. The van der Waals surface area contributed by atoms with Gasteiger partial charge in [-0.15, -0.1) is 0 Å². The summed E-state index contributed by atoms with van der Waals surface area (Å²) >= 11 is 5.91. The molecule has 0 saturated heterocycles. The number of anilines is 1. The van der Waals surface area contributed by atoms with Gasteiger partial charge in [0.15, 0.2) is 5.82 Å². The Morgan fingerprint density at radius 1 is 1.53 bits per heavy atom. The zero-order chi connectivity index (χ0) is 12.8. The SMILES string of the molecule is COCc1nc(Cl)cc(N(C)CCC(C)O)n1. The molecule has 17 heavy (non-hydrogen) atoms. The van der Waals surface area contributed by atoms with E-state index in [1.54, 1.807) is 20.1 Å². The van der Waals surface area contributed by atoms with Crippen molar-refractivity contribution in [1.29, 1.82) is 0 Å². The molecule has 0 aliphatic heterocycles. The number of ether oxygens (including phenoxy) is 1. The van der Waals surface area contributed by atoms with Crippen LogP contribution in [0.25, 0.3) is 0 Å². The Kier molecular flexibility index (Phi) is 5.61. The molecule has 1 N–H and O–H groups in total. The summed E-state index contributed by atoms with van der Waals surface area (Å²) in [6.07, 6.45) is 0.353. The summed E-state index contributed by atoms with van der Waals surface area (Å²) in [7, 11) is 3.48. The number of rotatable bonds is 6. The third-order valence-electron chi connectivity index (χ3n) is 2.27. The van der Waals surface area contributed by atoms with Crippen molar-refractivity contribution < 1.29 is 9.84 Å². The van der Waals surface area contributed by atoms with E-state index in [2.05, 4.69) is 9.97 Å². The largest absolute Gasteiger partial charge is 0.393 e. The molecule has 0 aromatic carbocycles. The molecule has 0 radical (unpaired) electrons. The third kappa shape index (κ3) is 4.85. The van der Waals surface area contributed by atoms with E-state index in [9.17, 15) is 5.11 Å². The molecule has 0 spiro atoms. The molecule has 1 atom stereocenters. The Balaban J connectivity index is 2.74. The topological polar surface area (TPSA) is 58.5 Å². The minimum absolute atomic E-state index is 0.326. The van der Waals surface area contributed by atoms with Gasteiger partial charge in [0.1, 0.15) is 17.6 Å². The van der Waals surface area contributed by atoms with Crippen molar-refractivity contribution in [3.63, 3.8) is 0 Å². The minimum Gasteiger partial charge on any atom is -0.393 e. The van der Waals surface area contributed by atoms with Gasteiger partial charge >= 0.3 is 0 Å². The van der Waals surface area contributed by atoms with Gasteiger partial charge in [-0.3, -0.25) is 0 Å². The first-order chi connectivity index (χ1) is 8.02. The molecule has 0 aliphatic rings. The lowest BCUT2D eigenvalue weighted by Crippen LogP contribution is -2.23. The van der Waals surface area contributed by atoms with E-state index < -0.39 is 0 Å². The van der Waals surface area contributed by atoms with E-state index in [1.165, 1.54) is 0 Å². The van der Waals surface area contributed by atoms with Crippen molar-refractivity contribution in [3.05, 3.63) is 17.0 Å². The average Bonchev–Trinajstić information content (AvgIpc) is 2.25. The van der Waals surface area contributed by atoms with Gasteiger partial charge in [-0.2, -0.15) is 0 Å². The molecule has 0 bridgehead atoms. The highest BCUT2D eigenvalue weighted by Crippen LogP contribution is 2.15. The maximum Gasteiger partial charge on any atom is 0.158 e.